The van der Waals surface area contributed by atoms with E-state index in [-0.39, 0.29) is 13.1 Å². The molecule has 1 aromatic rings. The fourth-order valence-corrected chi connectivity index (χ4v) is 4.16. The van der Waals surface area contributed by atoms with E-state index in [2.05, 4.69) is 4.98 Å². The van der Waals surface area contributed by atoms with Gasteiger partial charge in [0, 0.05) is 32.1 Å². The molecule has 0 bridgehead atoms. The molecule has 2 saturated heterocycles. The van der Waals surface area contributed by atoms with E-state index in [1.54, 1.807) is 0 Å². The zero-order valence-electron chi connectivity index (χ0n) is 12.8. The Bertz CT molecular complexity index is 675. The SMILES string of the molecule is O=S(=O)(c1ccc(C(F)(F)F)cn1)N1CCC2(CC1)OCCCO2. The van der Waals surface area contributed by atoms with Crippen LogP contribution >= 0.6 is 0 Å². The number of halogens is 3. The van der Waals surface area contributed by atoms with Gasteiger partial charge in [0.25, 0.3) is 10.0 Å². The second-order valence-corrected chi connectivity index (χ2v) is 7.63. The van der Waals surface area contributed by atoms with E-state index in [1.807, 2.05) is 0 Å². The molecule has 10 heteroatoms. The van der Waals surface area contributed by atoms with E-state index in [4.69, 9.17) is 9.47 Å². The van der Waals surface area contributed by atoms with Crippen LogP contribution < -0.4 is 0 Å². The van der Waals surface area contributed by atoms with Crippen LogP contribution in [0.4, 0.5) is 13.2 Å². The van der Waals surface area contributed by atoms with Crippen LogP contribution in [0.25, 0.3) is 0 Å². The summed E-state index contributed by atoms with van der Waals surface area (Å²) in [6.07, 6.45) is -2.45. The molecule has 0 aromatic carbocycles. The molecule has 3 heterocycles. The Labute approximate surface area is 137 Å². The molecule has 3 rings (SSSR count). The Morgan fingerprint density at radius 1 is 1.12 bits per heavy atom. The van der Waals surface area contributed by atoms with Gasteiger partial charge in [-0.2, -0.15) is 17.5 Å². The third-order valence-electron chi connectivity index (χ3n) is 4.17. The number of hydrogen-bond acceptors (Lipinski definition) is 5. The topological polar surface area (TPSA) is 68.7 Å². The largest absolute Gasteiger partial charge is 0.417 e. The zero-order chi connectivity index (χ0) is 17.4. The van der Waals surface area contributed by atoms with E-state index in [1.165, 1.54) is 4.31 Å². The van der Waals surface area contributed by atoms with Crippen molar-refractivity contribution in [3.8, 4) is 0 Å². The van der Waals surface area contributed by atoms with Gasteiger partial charge in [0.05, 0.1) is 18.8 Å². The lowest BCUT2D eigenvalue weighted by Gasteiger charge is -2.42. The number of sulfonamides is 1. The standard InChI is InChI=1S/C14H17F3N2O4S/c15-14(16,17)11-2-3-12(18-10-11)24(20,21)19-6-4-13(5-7-19)22-8-1-9-23-13/h2-3,10H,1,4-9H2. The number of pyridine rings is 1. The maximum Gasteiger partial charge on any atom is 0.417 e. The van der Waals surface area contributed by atoms with Crippen molar-refractivity contribution >= 4 is 10.0 Å². The van der Waals surface area contributed by atoms with Gasteiger partial charge in [-0.3, -0.25) is 0 Å². The number of piperidine rings is 1. The molecule has 6 nitrogen and oxygen atoms in total. The Balaban J connectivity index is 1.72. The number of rotatable bonds is 2. The lowest BCUT2D eigenvalue weighted by Crippen LogP contribution is -2.51. The summed E-state index contributed by atoms with van der Waals surface area (Å²) in [5, 5.41) is -0.392. The molecule has 24 heavy (non-hydrogen) atoms. The Morgan fingerprint density at radius 3 is 2.25 bits per heavy atom. The Morgan fingerprint density at radius 2 is 1.75 bits per heavy atom. The fraction of sp³-hybridized carbons (Fsp3) is 0.643. The van der Waals surface area contributed by atoms with Gasteiger partial charge in [0.1, 0.15) is 0 Å². The van der Waals surface area contributed by atoms with Gasteiger partial charge in [-0.15, -0.1) is 0 Å². The second kappa shape index (κ2) is 6.25. The van der Waals surface area contributed by atoms with E-state index < -0.39 is 32.6 Å². The second-order valence-electron chi connectivity index (χ2n) is 5.75. The third kappa shape index (κ3) is 3.41. The minimum absolute atomic E-state index is 0.172. The summed E-state index contributed by atoms with van der Waals surface area (Å²) in [6.45, 7) is 1.50. The molecule has 0 N–H and O–H groups in total. The van der Waals surface area contributed by atoms with Crippen molar-refractivity contribution in [2.75, 3.05) is 26.3 Å². The van der Waals surface area contributed by atoms with Crippen LogP contribution in [-0.4, -0.2) is 49.8 Å². The monoisotopic (exact) mass is 366 g/mol. The van der Waals surface area contributed by atoms with Gasteiger partial charge < -0.3 is 9.47 Å². The van der Waals surface area contributed by atoms with Gasteiger partial charge in [0.15, 0.2) is 10.8 Å². The molecule has 2 aliphatic rings. The van der Waals surface area contributed by atoms with E-state index in [0.717, 1.165) is 18.6 Å². The maximum absolute atomic E-state index is 12.5. The summed E-state index contributed by atoms with van der Waals surface area (Å²) in [5.74, 6) is -0.738. The van der Waals surface area contributed by atoms with Gasteiger partial charge in [-0.05, 0) is 18.6 Å². The molecule has 0 saturated carbocycles. The quantitative estimate of drug-likeness (QED) is 0.801. The minimum atomic E-state index is -4.55. The summed E-state index contributed by atoms with van der Waals surface area (Å²) in [4.78, 5) is 3.48. The molecule has 0 amide bonds. The van der Waals surface area contributed by atoms with Crippen molar-refractivity contribution in [1.29, 1.82) is 0 Å². The van der Waals surface area contributed by atoms with Crippen molar-refractivity contribution in [3.05, 3.63) is 23.9 Å². The van der Waals surface area contributed by atoms with Crippen LogP contribution in [0.3, 0.4) is 0 Å². The normalized spacial score (nSPS) is 22.6. The highest BCUT2D eigenvalue weighted by Crippen LogP contribution is 2.33. The first-order chi connectivity index (χ1) is 11.2. The van der Waals surface area contributed by atoms with Gasteiger partial charge in [-0.25, -0.2) is 13.4 Å². The van der Waals surface area contributed by atoms with Crippen molar-refractivity contribution in [2.45, 2.75) is 36.3 Å². The molecule has 0 aliphatic carbocycles. The summed E-state index contributed by atoms with van der Waals surface area (Å²) < 4.78 is 75.2. The highest BCUT2D eigenvalue weighted by atomic mass is 32.2. The highest BCUT2D eigenvalue weighted by Gasteiger charge is 2.42. The summed E-state index contributed by atoms with van der Waals surface area (Å²) >= 11 is 0. The van der Waals surface area contributed by atoms with Crippen LogP contribution in [0.2, 0.25) is 0 Å². The maximum atomic E-state index is 12.5. The van der Waals surface area contributed by atoms with Crippen molar-refractivity contribution in [2.24, 2.45) is 0 Å². The molecule has 2 fully saturated rings. The summed E-state index contributed by atoms with van der Waals surface area (Å²) in [6, 6.07) is 1.61. The predicted octanol–water partition coefficient (Wildman–Crippen LogP) is 2.02. The number of alkyl halides is 3. The van der Waals surface area contributed by atoms with Gasteiger partial charge >= 0.3 is 6.18 Å². The van der Waals surface area contributed by atoms with Gasteiger partial charge in [0.2, 0.25) is 0 Å². The number of nitrogens with zero attached hydrogens (tertiary/aromatic N) is 2. The molecular weight excluding hydrogens is 349 g/mol. The van der Waals surface area contributed by atoms with Gasteiger partial charge in [-0.1, -0.05) is 0 Å². The molecule has 2 aliphatic heterocycles. The average molecular weight is 366 g/mol. The van der Waals surface area contributed by atoms with Crippen molar-refractivity contribution in [3.63, 3.8) is 0 Å². The van der Waals surface area contributed by atoms with E-state index >= 15 is 0 Å². The van der Waals surface area contributed by atoms with Crippen LogP contribution in [0.15, 0.2) is 23.4 Å². The molecule has 0 radical (unpaired) electrons. The smallest absolute Gasteiger partial charge is 0.350 e. The molecule has 134 valence electrons. The molecule has 1 spiro atoms. The number of aromatic nitrogens is 1. The first kappa shape index (κ1) is 17.6. The van der Waals surface area contributed by atoms with Crippen LogP contribution in [0.1, 0.15) is 24.8 Å². The number of hydrogen-bond donors (Lipinski definition) is 0. The first-order valence-corrected chi connectivity index (χ1v) is 8.98. The molecular formula is C14H17F3N2O4S. The lowest BCUT2D eigenvalue weighted by molar-refractivity contribution is -0.280. The average Bonchev–Trinajstić information content (AvgIpc) is 2.55. The van der Waals surface area contributed by atoms with Crippen molar-refractivity contribution < 1.29 is 31.1 Å². The zero-order valence-corrected chi connectivity index (χ0v) is 13.6. The summed E-state index contributed by atoms with van der Waals surface area (Å²) in [7, 11) is -3.94. The fourth-order valence-electron chi connectivity index (χ4n) is 2.81. The number of ether oxygens (including phenoxy) is 2. The predicted molar refractivity (Wildman–Crippen MR) is 76.5 cm³/mol. The van der Waals surface area contributed by atoms with E-state index in [9.17, 15) is 21.6 Å². The highest BCUT2D eigenvalue weighted by molar-refractivity contribution is 7.89. The molecule has 0 atom stereocenters. The lowest BCUT2D eigenvalue weighted by atomic mass is 10.0. The van der Waals surface area contributed by atoms with Crippen molar-refractivity contribution in [1.82, 2.24) is 9.29 Å². The Kier molecular flexibility index (Phi) is 4.58. The van der Waals surface area contributed by atoms with E-state index in [0.29, 0.717) is 32.3 Å². The van der Waals surface area contributed by atoms with Crippen LogP contribution in [0, 0.1) is 0 Å². The van der Waals surface area contributed by atoms with Crippen LogP contribution in [0.5, 0.6) is 0 Å². The Hall–Kier alpha value is -1.23. The first-order valence-electron chi connectivity index (χ1n) is 7.54. The molecule has 1 aromatic heterocycles. The third-order valence-corrected chi connectivity index (χ3v) is 5.99. The minimum Gasteiger partial charge on any atom is -0.350 e. The summed E-state index contributed by atoms with van der Waals surface area (Å²) in [5.41, 5.74) is -0.983. The molecule has 0 unspecified atom stereocenters. The van der Waals surface area contributed by atoms with Crippen LogP contribution in [-0.2, 0) is 25.7 Å².